The number of likely N-dealkylation sites (N-methyl/N-ethyl adjacent to an activating group) is 1. The Bertz CT molecular complexity index is 573. The summed E-state index contributed by atoms with van der Waals surface area (Å²) in [6.07, 6.45) is 1.49. The molecule has 1 aliphatic heterocycles. The normalized spacial score (nSPS) is 20.8. The van der Waals surface area contributed by atoms with Gasteiger partial charge in [-0.15, -0.1) is 0 Å². The van der Waals surface area contributed by atoms with Crippen molar-refractivity contribution in [3.8, 4) is 17.2 Å². The summed E-state index contributed by atoms with van der Waals surface area (Å²) in [7, 11) is 5.08. The van der Waals surface area contributed by atoms with Crippen LogP contribution in [-0.2, 0) is 4.79 Å². The van der Waals surface area contributed by atoms with Crippen LogP contribution in [0.25, 0.3) is 0 Å². The van der Waals surface area contributed by atoms with E-state index in [0.29, 0.717) is 12.1 Å². The SMILES string of the molecule is COc1cc(/C=N/NC(=O)C[NH+]2CC[NH+](C)CC2)cc(OC)c1O. The number of hydrogen-bond donors (Lipinski definition) is 4. The maximum Gasteiger partial charge on any atom is 0.295 e. The quantitative estimate of drug-likeness (QED) is 0.335. The first-order valence-corrected chi connectivity index (χ1v) is 7.95. The van der Waals surface area contributed by atoms with Gasteiger partial charge in [-0.1, -0.05) is 0 Å². The molecule has 24 heavy (non-hydrogen) atoms. The molecule has 4 N–H and O–H groups in total. The molecule has 2 rings (SSSR count). The van der Waals surface area contributed by atoms with Gasteiger partial charge in [0.05, 0.1) is 27.5 Å². The van der Waals surface area contributed by atoms with Gasteiger partial charge < -0.3 is 24.4 Å². The first-order valence-electron chi connectivity index (χ1n) is 7.95. The maximum absolute atomic E-state index is 11.9. The number of piperazine rings is 1. The number of quaternary nitrogens is 2. The molecule has 1 aromatic carbocycles. The Morgan fingerprint density at radius 1 is 1.25 bits per heavy atom. The van der Waals surface area contributed by atoms with Gasteiger partial charge in [-0.25, -0.2) is 5.43 Å². The van der Waals surface area contributed by atoms with Crippen LogP contribution >= 0.6 is 0 Å². The molecule has 0 saturated carbocycles. The molecule has 0 aliphatic carbocycles. The van der Waals surface area contributed by atoms with E-state index in [1.165, 1.54) is 30.2 Å². The largest absolute Gasteiger partial charge is 0.502 e. The third-order valence-electron chi connectivity index (χ3n) is 4.13. The number of ether oxygens (including phenoxy) is 2. The standard InChI is InChI=1S/C16H24N4O4/c1-19-4-6-20(7-5-19)11-15(21)18-17-10-12-8-13(23-2)16(22)14(9-12)24-3/h8-10,22H,4-7,11H2,1-3H3,(H,18,21)/p+2/b17-10+. The number of phenols is 1. The van der Waals surface area contributed by atoms with Crippen LogP contribution in [0.3, 0.4) is 0 Å². The third kappa shape index (κ3) is 4.84. The molecule has 1 heterocycles. The second-order valence-electron chi connectivity index (χ2n) is 5.95. The van der Waals surface area contributed by atoms with E-state index in [1.54, 1.807) is 12.1 Å². The van der Waals surface area contributed by atoms with E-state index in [1.807, 2.05) is 0 Å². The van der Waals surface area contributed by atoms with Crippen LogP contribution in [0.1, 0.15) is 5.56 Å². The molecule has 132 valence electrons. The predicted octanol–water partition coefficient (Wildman–Crippen LogP) is -2.73. The van der Waals surface area contributed by atoms with Gasteiger partial charge >= 0.3 is 0 Å². The summed E-state index contributed by atoms with van der Waals surface area (Å²) in [5.74, 6) is 0.388. The number of phenolic OH excluding ortho intramolecular Hbond substituents is 1. The fourth-order valence-electron chi connectivity index (χ4n) is 2.64. The van der Waals surface area contributed by atoms with Crippen LogP contribution in [0.15, 0.2) is 17.2 Å². The molecule has 0 unspecified atom stereocenters. The summed E-state index contributed by atoms with van der Waals surface area (Å²) < 4.78 is 10.2. The van der Waals surface area contributed by atoms with Crippen molar-refractivity contribution in [3.05, 3.63) is 17.7 Å². The lowest BCUT2D eigenvalue weighted by Gasteiger charge is -2.26. The number of amides is 1. The van der Waals surface area contributed by atoms with Crippen LogP contribution in [0, 0.1) is 0 Å². The van der Waals surface area contributed by atoms with Crippen molar-refractivity contribution in [1.82, 2.24) is 5.43 Å². The molecule has 0 aromatic heterocycles. The van der Waals surface area contributed by atoms with Crippen molar-refractivity contribution in [1.29, 1.82) is 0 Å². The molecule has 1 amide bonds. The number of hydrazone groups is 1. The highest BCUT2D eigenvalue weighted by Crippen LogP contribution is 2.36. The number of nitrogens with one attached hydrogen (secondary N) is 3. The molecular weight excluding hydrogens is 312 g/mol. The van der Waals surface area contributed by atoms with Gasteiger partial charge in [0.1, 0.15) is 26.2 Å². The summed E-state index contributed by atoms with van der Waals surface area (Å²) >= 11 is 0. The van der Waals surface area contributed by atoms with E-state index in [2.05, 4.69) is 17.6 Å². The van der Waals surface area contributed by atoms with Crippen molar-refractivity contribution in [2.45, 2.75) is 0 Å². The molecule has 0 bridgehead atoms. The number of nitrogens with zero attached hydrogens (tertiary/aromatic N) is 1. The fourth-order valence-corrected chi connectivity index (χ4v) is 2.64. The van der Waals surface area contributed by atoms with Crippen molar-refractivity contribution < 1.29 is 29.2 Å². The molecule has 0 atom stereocenters. The zero-order valence-corrected chi connectivity index (χ0v) is 14.4. The van der Waals surface area contributed by atoms with Gasteiger partial charge in [-0.3, -0.25) is 4.79 Å². The summed E-state index contributed by atoms with van der Waals surface area (Å²) in [6.45, 7) is 4.58. The zero-order chi connectivity index (χ0) is 17.5. The molecular formula is C16H26N4O4+2. The minimum Gasteiger partial charge on any atom is -0.502 e. The van der Waals surface area contributed by atoms with E-state index in [4.69, 9.17) is 9.47 Å². The monoisotopic (exact) mass is 338 g/mol. The summed E-state index contributed by atoms with van der Waals surface area (Å²) in [4.78, 5) is 14.7. The minimum absolute atomic E-state index is 0.0676. The minimum atomic E-state index is -0.112. The van der Waals surface area contributed by atoms with Crippen LogP contribution in [0.2, 0.25) is 0 Å². The van der Waals surface area contributed by atoms with Gasteiger partial charge in [-0.05, 0) is 12.1 Å². The lowest BCUT2D eigenvalue weighted by molar-refractivity contribution is -1.000. The molecule has 1 fully saturated rings. The number of methoxy groups -OCH3 is 2. The Balaban J connectivity index is 1.90. The smallest absolute Gasteiger partial charge is 0.295 e. The van der Waals surface area contributed by atoms with Crippen LogP contribution in [0.4, 0.5) is 0 Å². The van der Waals surface area contributed by atoms with E-state index in [0.717, 1.165) is 26.2 Å². The molecule has 1 aliphatic rings. The van der Waals surface area contributed by atoms with Crippen molar-refractivity contribution in [2.24, 2.45) is 5.10 Å². The first-order chi connectivity index (χ1) is 11.5. The predicted molar refractivity (Wildman–Crippen MR) is 89.1 cm³/mol. The first kappa shape index (κ1) is 18.0. The van der Waals surface area contributed by atoms with Crippen molar-refractivity contribution >= 4 is 12.1 Å². The summed E-state index contributed by atoms with van der Waals surface area (Å²) in [5.41, 5.74) is 3.19. The molecule has 8 heteroatoms. The topological polar surface area (TPSA) is 89.0 Å². The average Bonchev–Trinajstić information content (AvgIpc) is 2.58. The number of hydrogen-bond acceptors (Lipinski definition) is 5. The van der Waals surface area contributed by atoms with E-state index < -0.39 is 0 Å². The van der Waals surface area contributed by atoms with Crippen LogP contribution in [0.5, 0.6) is 17.2 Å². The number of carbonyl (C=O) groups excluding carboxylic acids is 1. The summed E-state index contributed by atoms with van der Waals surface area (Å²) in [5, 5.41) is 13.8. The Kier molecular flexibility index (Phi) is 6.39. The number of benzene rings is 1. The highest BCUT2D eigenvalue weighted by molar-refractivity contribution is 5.84. The van der Waals surface area contributed by atoms with E-state index in [9.17, 15) is 9.90 Å². The lowest BCUT2D eigenvalue weighted by atomic mass is 10.2. The van der Waals surface area contributed by atoms with E-state index in [-0.39, 0.29) is 23.2 Å². The average molecular weight is 338 g/mol. The van der Waals surface area contributed by atoms with Gasteiger partial charge in [0.25, 0.3) is 5.91 Å². The molecule has 0 spiro atoms. The van der Waals surface area contributed by atoms with Gasteiger partial charge in [-0.2, -0.15) is 5.10 Å². The Morgan fingerprint density at radius 3 is 2.38 bits per heavy atom. The highest BCUT2D eigenvalue weighted by atomic mass is 16.5. The Labute approximate surface area is 141 Å². The van der Waals surface area contributed by atoms with Crippen molar-refractivity contribution in [2.75, 3.05) is 54.0 Å². The Morgan fingerprint density at radius 2 is 1.83 bits per heavy atom. The van der Waals surface area contributed by atoms with Crippen LogP contribution in [-0.4, -0.2) is 71.2 Å². The molecule has 8 nitrogen and oxygen atoms in total. The van der Waals surface area contributed by atoms with Crippen molar-refractivity contribution in [3.63, 3.8) is 0 Å². The second-order valence-corrected chi connectivity index (χ2v) is 5.95. The Hall–Kier alpha value is -2.32. The highest BCUT2D eigenvalue weighted by Gasteiger charge is 2.21. The van der Waals surface area contributed by atoms with Gasteiger partial charge in [0.15, 0.2) is 18.0 Å². The zero-order valence-electron chi connectivity index (χ0n) is 14.4. The number of rotatable bonds is 6. The van der Waals surface area contributed by atoms with Crippen LogP contribution < -0.4 is 24.7 Å². The lowest BCUT2D eigenvalue weighted by Crippen LogP contribution is -3.27. The third-order valence-corrected chi connectivity index (χ3v) is 4.13. The molecule has 0 radical (unpaired) electrons. The summed E-state index contributed by atoms with van der Waals surface area (Å²) in [6, 6.07) is 3.23. The maximum atomic E-state index is 11.9. The number of carbonyl (C=O) groups is 1. The van der Waals surface area contributed by atoms with E-state index >= 15 is 0 Å². The fraction of sp³-hybridized carbons (Fsp3) is 0.500. The molecule has 1 saturated heterocycles. The number of aromatic hydroxyl groups is 1. The second kappa shape index (κ2) is 8.51. The van der Waals surface area contributed by atoms with Gasteiger partial charge in [0.2, 0.25) is 5.75 Å². The molecule has 1 aromatic rings. The van der Waals surface area contributed by atoms with Gasteiger partial charge in [0, 0.05) is 5.56 Å².